The molecule has 2 unspecified atom stereocenters. The third-order valence-corrected chi connectivity index (χ3v) is 8.91. The molecule has 1 aromatic heterocycles. The molecule has 2 aliphatic heterocycles. The van der Waals surface area contributed by atoms with Crippen molar-refractivity contribution >= 4 is 27.4 Å². The van der Waals surface area contributed by atoms with E-state index in [0.29, 0.717) is 39.1 Å². The first-order chi connectivity index (χ1) is 17.9. The van der Waals surface area contributed by atoms with Gasteiger partial charge in [-0.3, -0.25) is 0 Å². The van der Waals surface area contributed by atoms with Crippen LogP contribution in [0.2, 0.25) is 0 Å². The number of sulfone groups is 1. The van der Waals surface area contributed by atoms with E-state index in [0.717, 1.165) is 12.4 Å². The molecule has 38 heavy (non-hydrogen) atoms. The largest absolute Gasteiger partial charge is 0.471 e. The van der Waals surface area contributed by atoms with E-state index in [9.17, 15) is 17.6 Å². The van der Waals surface area contributed by atoms with Crippen LogP contribution in [-0.4, -0.2) is 72.6 Å². The zero-order valence-electron chi connectivity index (χ0n) is 21.3. The lowest BCUT2D eigenvalue weighted by molar-refractivity contribution is -0.114. The van der Waals surface area contributed by atoms with Crippen molar-refractivity contribution in [3.05, 3.63) is 36.2 Å². The Kier molecular flexibility index (Phi) is 6.93. The van der Waals surface area contributed by atoms with Crippen LogP contribution in [0.15, 0.2) is 29.4 Å². The summed E-state index contributed by atoms with van der Waals surface area (Å²) in [5.74, 6) is -2.88. The Bertz CT molecular complexity index is 1320. The molecule has 1 amide bonds. The molecule has 2 atom stereocenters. The van der Waals surface area contributed by atoms with Crippen LogP contribution in [-0.2, 0) is 19.3 Å². The molecule has 5 rings (SSSR count). The topological polar surface area (TPSA) is 120 Å². The normalized spacial score (nSPS) is 23.6. The Morgan fingerprint density at radius 2 is 1.82 bits per heavy atom. The molecule has 2 aromatic rings. The Morgan fingerprint density at radius 3 is 2.42 bits per heavy atom. The third-order valence-electron chi connectivity index (χ3n) is 6.65. The Balaban J connectivity index is 1.30. The van der Waals surface area contributed by atoms with Gasteiger partial charge in [0.1, 0.15) is 23.8 Å². The standard InChI is InChI=1S/C25H30F2N4O6S/c1-25(2,3)37-24(32)31-9-14-11-35-12-15(10-31)21(14)36-23-20(27)22(28-13-29-23)30-19-7-6-17(8-18(19)26)38(33,34)16-4-5-16/h6-8,13-16,21H,4-5,9-12H2,1-3H3,(H,28,29,30). The first-order valence-corrected chi connectivity index (χ1v) is 14.0. The van der Waals surface area contributed by atoms with Gasteiger partial charge >= 0.3 is 6.09 Å². The highest BCUT2D eigenvalue weighted by molar-refractivity contribution is 7.92. The van der Waals surface area contributed by atoms with E-state index in [1.807, 2.05) is 0 Å². The van der Waals surface area contributed by atoms with E-state index in [1.165, 1.54) is 12.1 Å². The number of likely N-dealkylation sites (tertiary alicyclic amines) is 1. The molecule has 2 saturated heterocycles. The summed E-state index contributed by atoms with van der Waals surface area (Å²) in [6.07, 6.45) is 1.32. The summed E-state index contributed by atoms with van der Waals surface area (Å²) in [6, 6.07) is 3.45. The van der Waals surface area contributed by atoms with Gasteiger partial charge in [-0.1, -0.05) is 0 Å². The highest BCUT2D eigenvalue weighted by atomic mass is 32.2. The van der Waals surface area contributed by atoms with Gasteiger partial charge in [0.15, 0.2) is 15.7 Å². The van der Waals surface area contributed by atoms with E-state index in [-0.39, 0.29) is 34.1 Å². The van der Waals surface area contributed by atoms with E-state index in [2.05, 4.69) is 15.3 Å². The van der Waals surface area contributed by atoms with Gasteiger partial charge in [-0.2, -0.15) is 9.37 Å². The van der Waals surface area contributed by atoms with Gasteiger partial charge in [0.2, 0.25) is 5.82 Å². The van der Waals surface area contributed by atoms with Crippen molar-refractivity contribution in [2.75, 3.05) is 31.6 Å². The second-order valence-corrected chi connectivity index (χ2v) is 13.1. The summed E-state index contributed by atoms with van der Waals surface area (Å²) < 4.78 is 72.0. The van der Waals surface area contributed by atoms with Crippen molar-refractivity contribution in [3.8, 4) is 5.88 Å². The second kappa shape index (κ2) is 9.92. The van der Waals surface area contributed by atoms with E-state index in [4.69, 9.17) is 14.2 Å². The van der Waals surface area contributed by atoms with E-state index in [1.54, 1.807) is 25.7 Å². The molecule has 1 N–H and O–H groups in total. The van der Waals surface area contributed by atoms with Crippen molar-refractivity contribution in [3.63, 3.8) is 0 Å². The van der Waals surface area contributed by atoms with Crippen LogP contribution in [0.1, 0.15) is 33.6 Å². The SMILES string of the molecule is CC(C)(C)OC(=O)N1CC2COCC(C1)C2Oc1ncnc(Nc2ccc(S(=O)(=O)C3CC3)cc2F)c1F. The molecule has 2 bridgehead atoms. The van der Waals surface area contributed by atoms with E-state index < -0.39 is 44.5 Å². The van der Waals surface area contributed by atoms with Gasteiger partial charge in [0.05, 0.1) is 29.0 Å². The maximum Gasteiger partial charge on any atom is 0.410 e. The quantitative estimate of drug-likeness (QED) is 0.572. The first-order valence-electron chi connectivity index (χ1n) is 12.5. The van der Waals surface area contributed by atoms with Crippen molar-refractivity contribution in [2.45, 2.75) is 55.5 Å². The lowest BCUT2D eigenvalue weighted by Crippen LogP contribution is -2.59. The summed E-state index contributed by atoms with van der Waals surface area (Å²) in [4.78, 5) is 21.9. The molecule has 3 aliphatic rings. The second-order valence-electron chi connectivity index (χ2n) is 10.9. The van der Waals surface area contributed by atoms with Gasteiger partial charge < -0.3 is 24.4 Å². The number of benzene rings is 1. The number of halogens is 2. The van der Waals surface area contributed by atoms with Crippen LogP contribution in [0.4, 0.5) is 25.1 Å². The maximum absolute atomic E-state index is 15.3. The number of hydrogen-bond donors (Lipinski definition) is 1. The molecule has 0 radical (unpaired) electrons. The lowest BCUT2D eigenvalue weighted by Gasteiger charge is -2.46. The molecule has 13 heteroatoms. The molecule has 3 fully saturated rings. The Morgan fingerprint density at radius 1 is 1.13 bits per heavy atom. The predicted octanol–water partition coefficient (Wildman–Crippen LogP) is 3.70. The third kappa shape index (κ3) is 5.53. The molecule has 206 valence electrons. The fraction of sp³-hybridized carbons (Fsp3) is 0.560. The number of nitrogens with zero attached hydrogens (tertiary/aromatic N) is 3. The smallest absolute Gasteiger partial charge is 0.410 e. The summed E-state index contributed by atoms with van der Waals surface area (Å²) in [6.45, 7) is 6.66. The number of nitrogens with one attached hydrogen (secondary N) is 1. The highest BCUT2D eigenvalue weighted by Gasteiger charge is 2.45. The Labute approximate surface area is 219 Å². The number of hydrogen-bond acceptors (Lipinski definition) is 9. The minimum absolute atomic E-state index is 0.110. The zero-order valence-corrected chi connectivity index (χ0v) is 22.1. The van der Waals surface area contributed by atoms with Gasteiger partial charge in [-0.05, 0) is 51.8 Å². The number of carbonyl (C=O) groups is 1. The maximum atomic E-state index is 15.3. The van der Waals surface area contributed by atoms with Crippen molar-refractivity contribution < 1.29 is 36.2 Å². The van der Waals surface area contributed by atoms with Gasteiger partial charge in [0.25, 0.3) is 5.88 Å². The fourth-order valence-corrected chi connectivity index (χ4v) is 6.36. The van der Waals surface area contributed by atoms with Crippen LogP contribution in [0.25, 0.3) is 0 Å². The van der Waals surface area contributed by atoms with Crippen molar-refractivity contribution in [2.24, 2.45) is 11.8 Å². The molecule has 1 aliphatic carbocycles. The predicted molar refractivity (Wildman–Crippen MR) is 132 cm³/mol. The molecule has 0 spiro atoms. The van der Waals surface area contributed by atoms with Crippen LogP contribution in [0.3, 0.4) is 0 Å². The first kappa shape index (κ1) is 26.5. The number of fused-ring (bicyclic) bond motifs is 2. The van der Waals surface area contributed by atoms with Crippen LogP contribution in [0, 0.1) is 23.5 Å². The summed E-state index contributed by atoms with van der Waals surface area (Å²) in [5.41, 5.74) is -0.770. The molecular weight excluding hydrogens is 522 g/mol. The van der Waals surface area contributed by atoms with Gasteiger partial charge in [0, 0.05) is 24.9 Å². The fourth-order valence-electron chi connectivity index (χ4n) is 4.69. The lowest BCUT2D eigenvalue weighted by atomic mass is 9.84. The number of amides is 1. The van der Waals surface area contributed by atoms with E-state index >= 15 is 4.39 Å². The average molecular weight is 553 g/mol. The average Bonchev–Trinajstić information content (AvgIpc) is 3.67. The highest BCUT2D eigenvalue weighted by Crippen LogP contribution is 2.36. The van der Waals surface area contributed by atoms with Gasteiger partial charge in [-0.15, -0.1) is 0 Å². The van der Waals surface area contributed by atoms with Crippen molar-refractivity contribution in [1.29, 1.82) is 0 Å². The molecule has 3 heterocycles. The molecule has 10 nitrogen and oxygen atoms in total. The molecule has 1 aromatic carbocycles. The summed E-state index contributed by atoms with van der Waals surface area (Å²) in [5, 5.41) is 2.09. The van der Waals surface area contributed by atoms with Crippen LogP contribution < -0.4 is 10.1 Å². The Hall–Kier alpha value is -3.06. The molecular formula is C25H30F2N4O6S. The number of piperidine rings is 1. The van der Waals surface area contributed by atoms with Crippen molar-refractivity contribution in [1.82, 2.24) is 14.9 Å². The minimum atomic E-state index is -3.57. The minimum Gasteiger partial charge on any atom is -0.471 e. The zero-order chi connectivity index (χ0) is 27.2. The van der Waals surface area contributed by atoms with Crippen LogP contribution >= 0.6 is 0 Å². The molecule has 1 saturated carbocycles. The van der Waals surface area contributed by atoms with Gasteiger partial charge in [-0.25, -0.2) is 22.6 Å². The number of aromatic nitrogens is 2. The van der Waals surface area contributed by atoms with Crippen LogP contribution in [0.5, 0.6) is 5.88 Å². The summed E-state index contributed by atoms with van der Waals surface area (Å²) in [7, 11) is -3.57. The number of ether oxygens (including phenoxy) is 3. The number of rotatable bonds is 6. The summed E-state index contributed by atoms with van der Waals surface area (Å²) >= 11 is 0. The monoisotopic (exact) mass is 552 g/mol. The number of anilines is 2. The number of carbonyl (C=O) groups excluding carboxylic acids is 1.